The second-order valence-corrected chi connectivity index (χ2v) is 5.30. The Hall–Kier alpha value is -2.52. The maximum atomic E-state index is 10.8. The normalized spacial score (nSPS) is 13.5. The molecule has 0 saturated heterocycles. The Morgan fingerprint density at radius 3 is 1.91 bits per heavy atom. The molecule has 110 valence electrons. The lowest BCUT2D eigenvalue weighted by Crippen LogP contribution is -2.22. The van der Waals surface area contributed by atoms with Crippen molar-refractivity contribution in [2.24, 2.45) is 0 Å². The number of benzene rings is 1. The summed E-state index contributed by atoms with van der Waals surface area (Å²) in [5.41, 5.74) is 3.26. The van der Waals surface area contributed by atoms with E-state index in [1.807, 2.05) is 42.5 Å². The Bertz CT molecular complexity index is 647. The van der Waals surface area contributed by atoms with E-state index in [-0.39, 0.29) is 5.92 Å². The number of pyridine rings is 2. The maximum Gasteiger partial charge on any atom is 0.0689 e. The van der Waals surface area contributed by atoms with Gasteiger partial charge < -0.3 is 5.11 Å². The highest BCUT2D eigenvalue weighted by Gasteiger charge is 2.23. The molecule has 2 heterocycles. The van der Waals surface area contributed by atoms with Gasteiger partial charge in [0.1, 0.15) is 0 Å². The third-order valence-electron chi connectivity index (χ3n) is 3.80. The van der Waals surface area contributed by atoms with Crippen LogP contribution in [0, 0.1) is 0 Å². The molecule has 3 heteroatoms. The minimum Gasteiger partial charge on any atom is -0.392 e. The van der Waals surface area contributed by atoms with Gasteiger partial charge in [0.15, 0.2) is 0 Å². The molecule has 1 N–H and O–H groups in total. The molecular weight excluding hydrogens is 272 g/mol. The van der Waals surface area contributed by atoms with E-state index in [9.17, 15) is 5.11 Å². The standard InChI is InChI=1S/C19H18N2O/c22-18(14-15-6-10-20-11-7-15)19(16-4-2-1-3-5-16)17-8-12-21-13-9-17/h1-13,18-19,22H,14H2. The van der Waals surface area contributed by atoms with Crippen LogP contribution in [0.2, 0.25) is 0 Å². The smallest absolute Gasteiger partial charge is 0.0689 e. The van der Waals surface area contributed by atoms with Gasteiger partial charge >= 0.3 is 0 Å². The number of rotatable bonds is 5. The van der Waals surface area contributed by atoms with Crippen LogP contribution in [0.25, 0.3) is 0 Å². The summed E-state index contributed by atoms with van der Waals surface area (Å²) >= 11 is 0. The molecule has 0 bridgehead atoms. The van der Waals surface area contributed by atoms with Gasteiger partial charge in [-0.15, -0.1) is 0 Å². The summed E-state index contributed by atoms with van der Waals surface area (Å²) in [6.07, 6.45) is 7.13. The van der Waals surface area contributed by atoms with Crippen LogP contribution in [0.5, 0.6) is 0 Å². The van der Waals surface area contributed by atoms with Gasteiger partial charge in [0, 0.05) is 30.7 Å². The van der Waals surface area contributed by atoms with Crippen LogP contribution in [0.3, 0.4) is 0 Å². The first-order chi connectivity index (χ1) is 10.8. The number of aliphatic hydroxyl groups is 1. The predicted octanol–water partition coefficient (Wildman–Crippen LogP) is 3.21. The summed E-state index contributed by atoms with van der Waals surface area (Å²) < 4.78 is 0. The van der Waals surface area contributed by atoms with E-state index in [1.165, 1.54) is 0 Å². The molecule has 0 aliphatic heterocycles. The second kappa shape index (κ2) is 6.96. The Kier molecular flexibility index (Phi) is 4.56. The lowest BCUT2D eigenvalue weighted by molar-refractivity contribution is 0.156. The van der Waals surface area contributed by atoms with E-state index >= 15 is 0 Å². The van der Waals surface area contributed by atoms with Crippen molar-refractivity contribution in [1.82, 2.24) is 9.97 Å². The fraction of sp³-hybridized carbons (Fsp3) is 0.158. The third kappa shape index (κ3) is 3.38. The molecule has 3 aromatic rings. The molecule has 0 aliphatic rings. The molecule has 1 aromatic carbocycles. The minimum absolute atomic E-state index is 0.0719. The lowest BCUT2D eigenvalue weighted by atomic mass is 9.84. The molecule has 22 heavy (non-hydrogen) atoms. The van der Waals surface area contributed by atoms with Crippen molar-refractivity contribution >= 4 is 0 Å². The van der Waals surface area contributed by atoms with Crippen molar-refractivity contribution in [3.05, 3.63) is 96.1 Å². The highest BCUT2D eigenvalue weighted by Crippen LogP contribution is 2.29. The number of nitrogens with zero attached hydrogens (tertiary/aromatic N) is 2. The topological polar surface area (TPSA) is 46.0 Å². The molecule has 0 aliphatic carbocycles. The van der Waals surface area contributed by atoms with Crippen molar-refractivity contribution < 1.29 is 5.11 Å². The van der Waals surface area contributed by atoms with Gasteiger partial charge in [0.05, 0.1) is 6.10 Å². The average molecular weight is 290 g/mol. The summed E-state index contributed by atoms with van der Waals surface area (Å²) in [7, 11) is 0. The van der Waals surface area contributed by atoms with Crippen molar-refractivity contribution in [2.45, 2.75) is 18.4 Å². The number of aliphatic hydroxyl groups excluding tert-OH is 1. The van der Waals surface area contributed by atoms with Gasteiger partial charge in [0.25, 0.3) is 0 Å². The van der Waals surface area contributed by atoms with Crippen LogP contribution in [-0.2, 0) is 6.42 Å². The molecule has 0 saturated carbocycles. The molecular formula is C19H18N2O. The van der Waals surface area contributed by atoms with E-state index in [1.54, 1.807) is 24.8 Å². The second-order valence-electron chi connectivity index (χ2n) is 5.30. The van der Waals surface area contributed by atoms with Gasteiger partial charge in [-0.3, -0.25) is 9.97 Å². The van der Waals surface area contributed by atoms with E-state index in [2.05, 4.69) is 22.1 Å². The van der Waals surface area contributed by atoms with E-state index in [4.69, 9.17) is 0 Å². The van der Waals surface area contributed by atoms with Crippen molar-refractivity contribution in [2.75, 3.05) is 0 Å². The van der Waals surface area contributed by atoms with E-state index in [0.29, 0.717) is 6.42 Å². The molecule has 3 nitrogen and oxygen atoms in total. The van der Waals surface area contributed by atoms with Gasteiger partial charge in [-0.05, 0) is 47.4 Å². The number of hydrogen-bond donors (Lipinski definition) is 1. The van der Waals surface area contributed by atoms with E-state index in [0.717, 1.165) is 16.7 Å². The van der Waals surface area contributed by atoms with Gasteiger partial charge in [0.2, 0.25) is 0 Å². The van der Waals surface area contributed by atoms with Crippen molar-refractivity contribution in [1.29, 1.82) is 0 Å². The number of aromatic nitrogens is 2. The Morgan fingerprint density at radius 2 is 1.27 bits per heavy atom. The first-order valence-corrected chi connectivity index (χ1v) is 7.36. The first-order valence-electron chi connectivity index (χ1n) is 7.36. The number of hydrogen-bond acceptors (Lipinski definition) is 3. The third-order valence-corrected chi connectivity index (χ3v) is 3.80. The SMILES string of the molecule is OC(Cc1ccncc1)C(c1ccccc1)c1ccncc1. The monoisotopic (exact) mass is 290 g/mol. The summed E-state index contributed by atoms with van der Waals surface area (Å²) in [6, 6.07) is 17.9. The fourth-order valence-corrected chi connectivity index (χ4v) is 2.75. The fourth-order valence-electron chi connectivity index (χ4n) is 2.75. The Morgan fingerprint density at radius 1 is 0.727 bits per heavy atom. The molecule has 2 atom stereocenters. The highest BCUT2D eigenvalue weighted by molar-refractivity contribution is 5.33. The zero-order valence-electron chi connectivity index (χ0n) is 12.2. The molecule has 2 aromatic heterocycles. The van der Waals surface area contributed by atoms with Crippen molar-refractivity contribution in [3.63, 3.8) is 0 Å². The maximum absolute atomic E-state index is 10.8. The minimum atomic E-state index is -0.507. The summed E-state index contributed by atoms with van der Waals surface area (Å²) in [5, 5.41) is 10.8. The van der Waals surface area contributed by atoms with Crippen LogP contribution >= 0.6 is 0 Å². The predicted molar refractivity (Wildman–Crippen MR) is 86.5 cm³/mol. The van der Waals surface area contributed by atoms with Gasteiger partial charge in [-0.1, -0.05) is 30.3 Å². The summed E-state index contributed by atoms with van der Waals surface area (Å²) in [5.74, 6) is -0.0719. The summed E-state index contributed by atoms with van der Waals surface area (Å²) in [6.45, 7) is 0. The molecule has 2 unspecified atom stereocenters. The Balaban J connectivity index is 1.92. The van der Waals surface area contributed by atoms with Gasteiger partial charge in [-0.25, -0.2) is 0 Å². The van der Waals surface area contributed by atoms with Crippen LogP contribution < -0.4 is 0 Å². The molecule has 0 amide bonds. The highest BCUT2D eigenvalue weighted by atomic mass is 16.3. The van der Waals surface area contributed by atoms with Crippen LogP contribution in [0.1, 0.15) is 22.6 Å². The molecule has 0 fully saturated rings. The Labute approximate surface area is 130 Å². The summed E-state index contributed by atoms with van der Waals surface area (Å²) in [4.78, 5) is 8.10. The molecule has 0 radical (unpaired) electrons. The van der Waals surface area contributed by atoms with Crippen LogP contribution in [-0.4, -0.2) is 21.2 Å². The largest absolute Gasteiger partial charge is 0.392 e. The van der Waals surface area contributed by atoms with Crippen molar-refractivity contribution in [3.8, 4) is 0 Å². The zero-order chi connectivity index (χ0) is 15.2. The molecule has 0 spiro atoms. The average Bonchev–Trinajstić information content (AvgIpc) is 2.58. The lowest BCUT2D eigenvalue weighted by Gasteiger charge is -2.24. The van der Waals surface area contributed by atoms with Gasteiger partial charge in [-0.2, -0.15) is 0 Å². The molecule has 3 rings (SSSR count). The first kappa shape index (κ1) is 14.4. The quantitative estimate of drug-likeness (QED) is 0.785. The van der Waals surface area contributed by atoms with Crippen LogP contribution in [0.15, 0.2) is 79.4 Å². The zero-order valence-corrected chi connectivity index (χ0v) is 12.2. The van der Waals surface area contributed by atoms with E-state index < -0.39 is 6.10 Å². The van der Waals surface area contributed by atoms with Crippen LogP contribution in [0.4, 0.5) is 0 Å².